The number of rotatable bonds is 7. The highest BCUT2D eigenvalue weighted by molar-refractivity contribution is 5.74. The fraction of sp³-hybridized carbons (Fsp3) is 0.300. The predicted molar refractivity (Wildman–Crippen MR) is 144 cm³/mol. The molecule has 188 valence electrons. The van der Waals surface area contributed by atoms with Crippen LogP contribution in [0.1, 0.15) is 30.0 Å². The van der Waals surface area contributed by atoms with Gasteiger partial charge in [-0.15, -0.1) is 0 Å². The van der Waals surface area contributed by atoms with E-state index in [4.69, 9.17) is 5.26 Å². The average Bonchev–Trinajstić information content (AvgIpc) is 3.40. The molecule has 0 aliphatic carbocycles. The summed E-state index contributed by atoms with van der Waals surface area (Å²) in [6.07, 6.45) is 9.42. The molecule has 3 unspecified atom stereocenters. The van der Waals surface area contributed by atoms with Gasteiger partial charge in [0.1, 0.15) is 6.17 Å². The van der Waals surface area contributed by atoms with Crippen molar-refractivity contribution in [1.82, 2.24) is 20.1 Å². The molecule has 37 heavy (non-hydrogen) atoms. The Kier molecular flexibility index (Phi) is 7.36. The monoisotopic (exact) mass is 492 g/mol. The third-order valence-corrected chi connectivity index (χ3v) is 7.37. The van der Waals surface area contributed by atoms with Gasteiger partial charge in [0, 0.05) is 63.5 Å². The SMILES string of the molecule is CC(=O)N(Cc1ccncc1)C1CCN(c2ccccc2)CC1N1C=CNC1Cc1ccc(C#N)cc1. The van der Waals surface area contributed by atoms with Crippen LogP contribution in [0.25, 0.3) is 0 Å². The van der Waals surface area contributed by atoms with Gasteiger partial charge in [-0.25, -0.2) is 0 Å². The zero-order chi connectivity index (χ0) is 25.6. The lowest BCUT2D eigenvalue weighted by atomic mass is 9.94. The quantitative estimate of drug-likeness (QED) is 0.539. The average molecular weight is 493 g/mol. The first-order valence-corrected chi connectivity index (χ1v) is 12.8. The number of pyridine rings is 1. The van der Waals surface area contributed by atoms with Crippen LogP contribution in [0.5, 0.6) is 0 Å². The van der Waals surface area contributed by atoms with Crippen LogP contribution in [0.15, 0.2) is 91.5 Å². The van der Waals surface area contributed by atoms with E-state index in [0.29, 0.717) is 12.1 Å². The van der Waals surface area contributed by atoms with E-state index >= 15 is 0 Å². The normalized spacial score (nSPS) is 20.8. The minimum Gasteiger partial charge on any atom is -0.370 e. The van der Waals surface area contributed by atoms with Crippen molar-refractivity contribution in [2.45, 2.75) is 44.6 Å². The number of nitriles is 1. The van der Waals surface area contributed by atoms with Gasteiger partial charge in [0.05, 0.1) is 23.7 Å². The summed E-state index contributed by atoms with van der Waals surface area (Å²) >= 11 is 0. The van der Waals surface area contributed by atoms with Crippen LogP contribution in [0.3, 0.4) is 0 Å². The molecule has 1 fully saturated rings. The van der Waals surface area contributed by atoms with Crippen molar-refractivity contribution in [3.05, 3.63) is 108 Å². The largest absolute Gasteiger partial charge is 0.370 e. The number of para-hydroxylation sites is 1. The maximum absolute atomic E-state index is 13.0. The first kappa shape index (κ1) is 24.4. The Morgan fingerprint density at radius 3 is 2.54 bits per heavy atom. The maximum atomic E-state index is 13.0. The fourth-order valence-electron chi connectivity index (χ4n) is 5.47. The molecule has 2 aliphatic rings. The van der Waals surface area contributed by atoms with Gasteiger partial charge in [0.2, 0.25) is 5.91 Å². The van der Waals surface area contributed by atoms with Crippen molar-refractivity contribution >= 4 is 11.6 Å². The van der Waals surface area contributed by atoms with E-state index in [9.17, 15) is 4.79 Å². The molecule has 0 spiro atoms. The third kappa shape index (κ3) is 5.59. The van der Waals surface area contributed by atoms with Gasteiger partial charge in [-0.2, -0.15) is 5.26 Å². The van der Waals surface area contributed by atoms with E-state index in [1.54, 1.807) is 19.3 Å². The molecule has 2 aromatic carbocycles. The third-order valence-electron chi connectivity index (χ3n) is 7.37. The molecule has 0 radical (unpaired) electrons. The van der Waals surface area contributed by atoms with Crippen molar-refractivity contribution in [3.8, 4) is 6.07 Å². The van der Waals surface area contributed by atoms with Gasteiger partial charge in [0.15, 0.2) is 0 Å². The zero-order valence-corrected chi connectivity index (χ0v) is 21.1. The Bertz CT molecular complexity index is 1250. The highest BCUT2D eigenvalue weighted by Crippen LogP contribution is 2.30. The number of carbonyl (C=O) groups is 1. The van der Waals surface area contributed by atoms with Crippen molar-refractivity contribution < 1.29 is 4.79 Å². The van der Waals surface area contributed by atoms with E-state index in [0.717, 1.165) is 37.1 Å². The van der Waals surface area contributed by atoms with Gasteiger partial charge in [-0.3, -0.25) is 9.78 Å². The summed E-state index contributed by atoms with van der Waals surface area (Å²) in [6, 6.07) is 24.6. The highest BCUT2D eigenvalue weighted by Gasteiger charge is 2.40. The van der Waals surface area contributed by atoms with E-state index in [1.807, 2.05) is 53.6 Å². The number of anilines is 1. The summed E-state index contributed by atoms with van der Waals surface area (Å²) in [5, 5.41) is 12.7. The van der Waals surface area contributed by atoms with E-state index in [-0.39, 0.29) is 24.2 Å². The van der Waals surface area contributed by atoms with Crippen molar-refractivity contribution in [1.29, 1.82) is 5.26 Å². The summed E-state index contributed by atoms with van der Waals surface area (Å²) in [6.45, 7) is 3.94. The standard InChI is InChI=1S/C30H32N6O/c1-23(37)36(21-26-11-14-32-15-12-26)28-13-17-34(27-5-3-2-4-6-27)22-29(28)35-18-16-33-30(35)19-24-7-9-25(20-31)10-8-24/h2-12,14-16,18,28-30,33H,13,17,19,21-22H2,1H3. The number of hydrogen-bond donors (Lipinski definition) is 1. The first-order valence-electron chi connectivity index (χ1n) is 12.8. The van der Waals surface area contributed by atoms with Crippen molar-refractivity contribution in [3.63, 3.8) is 0 Å². The molecule has 3 heterocycles. The molecule has 3 atom stereocenters. The minimum atomic E-state index is 0.0543. The smallest absolute Gasteiger partial charge is 0.220 e. The van der Waals surface area contributed by atoms with Gasteiger partial charge in [-0.05, 0) is 53.9 Å². The number of carbonyl (C=O) groups excluding carboxylic acids is 1. The summed E-state index contributed by atoms with van der Waals surface area (Å²) in [4.78, 5) is 24.0. The molecule has 1 saturated heterocycles. The molecule has 2 aliphatic heterocycles. The second kappa shape index (κ2) is 11.2. The zero-order valence-electron chi connectivity index (χ0n) is 21.1. The molecule has 1 aromatic heterocycles. The summed E-state index contributed by atoms with van der Waals surface area (Å²) < 4.78 is 0. The summed E-state index contributed by atoms with van der Waals surface area (Å²) in [5.41, 5.74) is 4.11. The van der Waals surface area contributed by atoms with E-state index < -0.39 is 0 Å². The number of nitrogens with one attached hydrogen (secondary N) is 1. The minimum absolute atomic E-state index is 0.0543. The molecular weight excluding hydrogens is 460 g/mol. The lowest BCUT2D eigenvalue weighted by Gasteiger charge is -2.49. The molecule has 5 rings (SSSR count). The summed E-state index contributed by atoms with van der Waals surface area (Å²) in [7, 11) is 0. The first-order chi connectivity index (χ1) is 18.1. The fourth-order valence-corrected chi connectivity index (χ4v) is 5.47. The van der Waals surface area contributed by atoms with Crippen molar-refractivity contribution in [2.75, 3.05) is 18.0 Å². The van der Waals surface area contributed by atoms with E-state index in [2.05, 4.69) is 56.6 Å². The van der Waals surface area contributed by atoms with Gasteiger partial charge < -0.3 is 20.0 Å². The number of piperidine rings is 1. The van der Waals surface area contributed by atoms with Crippen LogP contribution in [-0.4, -0.2) is 52.0 Å². The molecule has 7 nitrogen and oxygen atoms in total. The molecule has 0 bridgehead atoms. The lowest BCUT2D eigenvalue weighted by Crippen LogP contribution is -2.62. The number of aromatic nitrogens is 1. The van der Waals surface area contributed by atoms with Crippen molar-refractivity contribution in [2.24, 2.45) is 0 Å². The second-order valence-electron chi connectivity index (χ2n) is 9.67. The maximum Gasteiger partial charge on any atom is 0.220 e. The molecule has 1 N–H and O–H groups in total. The Hall–Kier alpha value is -4.31. The Labute approximate surface area is 218 Å². The number of hydrogen-bond acceptors (Lipinski definition) is 6. The molecule has 7 heteroatoms. The van der Waals surface area contributed by atoms with Crippen LogP contribution in [0.2, 0.25) is 0 Å². The van der Waals surface area contributed by atoms with Crippen LogP contribution < -0.4 is 10.2 Å². The summed E-state index contributed by atoms with van der Waals surface area (Å²) in [5.74, 6) is 0.0831. The second-order valence-corrected chi connectivity index (χ2v) is 9.67. The highest BCUT2D eigenvalue weighted by atomic mass is 16.2. The van der Waals surface area contributed by atoms with Crippen LogP contribution in [-0.2, 0) is 17.8 Å². The Morgan fingerprint density at radius 1 is 1.08 bits per heavy atom. The lowest BCUT2D eigenvalue weighted by molar-refractivity contribution is -0.134. The predicted octanol–water partition coefficient (Wildman–Crippen LogP) is 3.89. The molecule has 0 saturated carbocycles. The van der Waals surface area contributed by atoms with Gasteiger partial charge in [-0.1, -0.05) is 30.3 Å². The Balaban J connectivity index is 1.43. The van der Waals surface area contributed by atoms with Crippen LogP contribution in [0, 0.1) is 11.3 Å². The van der Waals surface area contributed by atoms with Gasteiger partial charge >= 0.3 is 0 Å². The Morgan fingerprint density at radius 2 is 1.84 bits per heavy atom. The number of nitrogens with zero attached hydrogens (tertiary/aromatic N) is 5. The number of benzene rings is 2. The van der Waals surface area contributed by atoms with Gasteiger partial charge in [0.25, 0.3) is 0 Å². The topological polar surface area (TPSA) is 75.5 Å². The number of amides is 1. The van der Waals surface area contributed by atoms with Crippen LogP contribution >= 0.6 is 0 Å². The molecule has 3 aromatic rings. The van der Waals surface area contributed by atoms with Crippen LogP contribution in [0.4, 0.5) is 5.69 Å². The van der Waals surface area contributed by atoms with E-state index in [1.165, 1.54) is 5.69 Å². The molecular formula is C30H32N6O. The molecule has 1 amide bonds.